The highest BCUT2D eigenvalue weighted by atomic mass is 19.1. The molecular formula is C54H36F2N2O2. The van der Waals surface area contributed by atoms with Gasteiger partial charge in [0, 0.05) is 44.8 Å². The van der Waals surface area contributed by atoms with E-state index in [2.05, 4.69) is 145 Å². The fraction of sp³-hybridized carbons (Fsp3) is 0.0741. The minimum Gasteiger partial charge on any atom is -0.454 e. The molecular weight excluding hydrogens is 747 g/mol. The Morgan fingerprint density at radius 1 is 0.450 bits per heavy atom. The molecule has 4 aliphatic carbocycles. The van der Waals surface area contributed by atoms with Crippen molar-refractivity contribution in [2.45, 2.75) is 13.8 Å². The van der Waals surface area contributed by atoms with Gasteiger partial charge in [0.15, 0.2) is 11.2 Å². The number of furan rings is 2. The molecule has 0 N–H and O–H groups in total. The molecule has 0 saturated carbocycles. The van der Waals surface area contributed by atoms with Crippen LogP contribution in [0.1, 0.15) is 11.1 Å². The van der Waals surface area contributed by atoms with Crippen LogP contribution in [0, 0.1) is 37.3 Å². The normalized spacial score (nSPS) is 17.9. The van der Waals surface area contributed by atoms with Gasteiger partial charge in [0.05, 0.1) is 22.8 Å². The van der Waals surface area contributed by atoms with Crippen molar-refractivity contribution in [3.05, 3.63) is 226 Å². The van der Waals surface area contributed by atoms with Crippen molar-refractivity contribution in [2.24, 2.45) is 11.8 Å². The third-order valence-corrected chi connectivity index (χ3v) is 12.6. The van der Waals surface area contributed by atoms with Crippen LogP contribution < -0.4 is 9.80 Å². The van der Waals surface area contributed by atoms with Gasteiger partial charge >= 0.3 is 0 Å². The van der Waals surface area contributed by atoms with E-state index >= 15 is 0 Å². The molecule has 288 valence electrons. The van der Waals surface area contributed by atoms with E-state index in [4.69, 9.17) is 8.83 Å². The second kappa shape index (κ2) is 13.0. The Morgan fingerprint density at radius 2 is 0.933 bits per heavy atom. The first kappa shape index (κ1) is 34.6. The predicted molar refractivity (Wildman–Crippen MR) is 239 cm³/mol. The number of anilines is 4. The number of nitrogens with zero attached hydrogens (tertiary/aromatic N) is 2. The molecule has 2 aromatic heterocycles. The number of rotatable bonds is 6. The lowest BCUT2D eigenvalue weighted by Gasteiger charge is -2.45. The summed E-state index contributed by atoms with van der Waals surface area (Å²) in [5.41, 5.74) is 15.5. The molecule has 60 heavy (non-hydrogen) atoms. The number of fused-ring (bicyclic) bond motifs is 6. The molecule has 0 radical (unpaired) electrons. The standard InChI is InChI=1S/C54H36F2N2O2/c1-31-7-3-9-39-41-11-5-13-47(53(41)59-51(31)39)57(37-23-19-35(55)20-24-37)45-29-17-33-16-28-44-46(30-18-34-15-27-43(45)49(33)50(34)44)58(38-25-21-36(56)22-26-38)48-14-6-12-42-40-10-4-8-32(2)52(40)60-54(42)48/h3-30,49-50H,1-2H3. The van der Waals surface area contributed by atoms with Crippen LogP contribution in [-0.4, -0.2) is 0 Å². The Kier molecular flexibility index (Phi) is 7.51. The molecule has 8 aromatic rings. The molecule has 0 aliphatic heterocycles. The molecule has 0 spiro atoms. The summed E-state index contributed by atoms with van der Waals surface area (Å²) in [5, 5.41) is 4.16. The molecule has 0 amide bonds. The highest BCUT2D eigenvalue weighted by molar-refractivity contribution is 6.12. The average Bonchev–Trinajstić information content (AvgIpc) is 3.86. The van der Waals surface area contributed by atoms with E-state index in [9.17, 15) is 8.78 Å². The monoisotopic (exact) mass is 782 g/mol. The van der Waals surface area contributed by atoms with Crippen molar-refractivity contribution in [2.75, 3.05) is 9.80 Å². The fourth-order valence-electron chi connectivity index (χ4n) is 9.89. The highest BCUT2D eigenvalue weighted by Gasteiger charge is 2.43. The molecule has 2 atom stereocenters. The highest BCUT2D eigenvalue weighted by Crippen LogP contribution is 2.55. The number of aryl methyl sites for hydroxylation is 2. The second-order valence-corrected chi connectivity index (χ2v) is 16.0. The first-order valence-corrected chi connectivity index (χ1v) is 20.3. The summed E-state index contributed by atoms with van der Waals surface area (Å²) in [7, 11) is 0. The number of allylic oxidation sites excluding steroid dienone is 12. The summed E-state index contributed by atoms with van der Waals surface area (Å²) in [6.45, 7) is 4.14. The van der Waals surface area contributed by atoms with E-state index in [1.807, 2.05) is 24.3 Å². The van der Waals surface area contributed by atoms with Crippen molar-refractivity contribution in [1.29, 1.82) is 0 Å². The van der Waals surface area contributed by atoms with Gasteiger partial charge in [0.1, 0.15) is 22.8 Å². The van der Waals surface area contributed by atoms with Crippen LogP contribution in [0.25, 0.3) is 43.9 Å². The smallest absolute Gasteiger partial charge is 0.159 e. The first-order valence-electron chi connectivity index (χ1n) is 20.3. The Balaban J connectivity index is 1.04. The molecule has 0 saturated heterocycles. The molecule has 6 aromatic carbocycles. The van der Waals surface area contributed by atoms with Crippen LogP contribution in [0.15, 0.2) is 212 Å². The number of benzene rings is 6. The van der Waals surface area contributed by atoms with Gasteiger partial charge in [-0.15, -0.1) is 0 Å². The maximum Gasteiger partial charge on any atom is 0.159 e. The zero-order valence-corrected chi connectivity index (χ0v) is 32.8. The van der Waals surface area contributed by atoms with Crippen LogP contribution in [0.2, 0.25) is 0 Å². The molecule has 4 nitrogen and oxygen atoms in total. The van der Waals surface area contributed by atoms with Crippen molar-refractivity contribution < 1.29 is 17.6 Å². The Morgan fingerprint density at radius 3 is 1.53 bits per heavy atom. The summed E-state index contributed by atoms with van der Waals surface area (Å²) < 4.78 is 42.6. The number of hydrogen-bond donors (Lipinski definition) is 0. The summed E-state index contributed by atoms with van der Waals surface area (Å²) >= 11 is 0. The average molecular weight is 783 g/mol. The molecule has 2 unspecified atom stereocenters. The van der Waals surface area contributed by atoms with E-state index in [0.29, 0.717) is 0 Å². The van der Waals surface area contributed by atoms with E-state index < -0.39 is 0 Å². The van der Waals surface area contributed by atoms with E-state index in [1.54, 1.807) is 0 Å². The quantitative estimate of drug-likeness (QED) is 0.168. The largest absolute Gasteiger partial charge is 0.454 e. The molecule has 4 aliphatic rings. The van der Waals surface area contributed by atoms with Crippen LogP contribution in [0.5, 0.6) is 0 Å². The maximum absolute atomic E-state index is 14.6. The molecule has 2 heterocycles. The van der Waals surface area contributed by atoms with Crippen molar-refractivity contribution in [3.8, 4) is 0 Å². The van der Waals surface area contributed by atoms with Gasteiger partial charge in [-0.25, -0.2) is 8.78 Å². The SMILES string of the molecule is Cc1cccc2c1oc1c(N(C3=CC=C4C=CC5=C(N(c6ccc(F)cc6)c6cccc7c6oc6c(C)cccc67)C=CC6=CC=C3C4C65)c3ccc(F)cc3)cccc12. The second-order valence-electron chi connectivity index (χ2n) is 16.0. The number of hydrogen-bond acceptors (Lipinski definition) is 4. The Labute approximate surface area is 344 Å². The zero-order chi connectivity index (χ0) is 40.2. The minimum absolute atomic E-state index is 0.0234. The van der Waals surface area contributed by atoms with Gasteiger partial charge in [0.2, 0.25) is 0 Å². The van der Waals surface area contributed by atoms with Crippen LogP contribution in [-0.2, 0) is 0 Å². The van der Waals surface area contributed by atoms with Gasteiger partial charge in [0.25, 0.3) is 0 Å². The number of para-hydroxylation sites is 4. The van der Waals surface area contributed by atoms with Crippen LogP contribution in [0.4, 0.5) is 31.5 Å². The fourth-order valence-corrected chi connectivity index (χ4v) is 9.89. The zero-order valence-electron chi connectivity index (χ0n) is 32.8. The summed E-state index contributed by atoms with van der Waals surface area (Å²) in [6.07, 6.45) is 17.8. The van der Waals surface area contributed by atoms with Gasteiger partial charge < -0.3 is 18.6 Å². The summed E-state index contributed by atoms with van der Waals surface area (Å²) in [6, 6.07) is 38.4. The predicted octanol–water partition coefficient (Wildman–Crippen LogP) is 14.7. The topological polar surface area (TPSA) is 32.8 Å². The van der Waals surface area contributed by atoms with Gasteiger partial charge in [-0.2, -0.15) is 0 Å². The lowest BCUT2D eigenvalue weighted by atomic mass is 9.63. The Hall–Kier alpha value is -7.44. The summed E-state index contributed by atoms with van der Waals surface area (Å²) in [5.74, 6) is -0.642. The first-order chi connectivity index (χ1) is 29.4. The molecule has 12 rings (SSSR count). The van der Waals surface area contributed by atoms with Crippen molar-refractivity contribution in [1.82, 2.24) is 0 Å². The van der Waals surface area contributed by atoms with E-state index in [0.717, 1.165) is 100 Å². The molecule has 6 heteroatoms. The van der Waals surface area contributed by atoms with Gasteiger partial charge in [-0.3, -0.25) is 0 Å². The molecule has 0 fully saturated rings. The van der Waals surface area contributed by atoms with Gasteiger partial charge in [-0.1, -0.05) is 97.1 Å². The van der Waals surface area contributed by atoms with Crippen LogP contribution in [0.3, 0.4) is 0 Å². The maximum atomic E-state index is 14.6. The summed E-state index contributed by atoms with van der Waals surface area (Å²) in [4.78, 5) is 4.43. The van der Waals surface area contributed by atoms with Crippen molar-refractivity contribution >= 4 is 66.6 Å². The third kappa shape index (κ3) is 5.07. The Bertz CT molecular complexity index is 3370. The van der Waals surface area contributed by atoms with Crippen molar-refractivity contribution in [3.63, 3.8) is 0 Å². The lowest BCUT2D eigenvalue weighted by Crippen LogP contribution is -2.35. The van der Waals surface area contributed by atoms with Gasteiger partial charge in [-0.05, 0) is 120 Å². The lowest BCUT2D eigenvalue weighted by molar-refractivity contribution is 0.551. The minimum atomic E-state index is -0.298. The number of halogens is 2. The third-order valence-electron chi connectivity index (χ3n) is 12.6. The van der Waals surface area contributed by atoms with E-state index in [1.165, 1.54) is 35.4 Å². The van der Waals surface area contributed by atoms with Crippen LogP contribution >= 0.6 is 0 Å². The molecule has 0 bridgehead atoms. The van der Waals surface area contributed by atoms with E-state index in [-0.39, 0.29) is 23.5 Å².